The van der Waals surface area contributed by atoms with Crippen molar-refractivity contribution in [2.75, 3.05) is 11.9 Å². The second-order valence-corrected chi connectivity index (χ2v) is 3.57. The van der Waals surface area contributed by atoms with Gasteiger partial charge < -0.3 is 15.7 Å². The molecule has 1 aromatic rings. The lowest BCUT2D eigenvalue weighted by atomic mass is 10.2. The summed E-state index contributed by atoms with van der Waals surface area (Å²) in [6.07, 6.45) is 6.42. The average molecular weight is 246 g/mol. The molecule has 0 radical (unpaired) electrons. The highest BCUT2D eigenvalue weighted by molar-refractivity contribution is 5.91. The molecule has 1 aromatic carbocycles. The molecule has 3 N–H and O–H groups in total. The largest absolute Gasteiger partial charge is 0.478 e. The quantitative estimate of drug-likeness (QED) is 0.548. The molecule has 5 nitrogen and oxygen atoms in total. The Balaban J connectivity index is 2.40. The highest BCUT2D eigenvalue weighted by Gasteiger charge is 2.03. The first-order valence-electron chi connectivity index (χ1n) is 5.45. The van der Waals surface area contributed by atoms with Crippen LogP contribution < -0.4 is 10.6 Å². The van der Waals surface area contributed by atoms with Gasteiger partial charge in [-0.25, -0.2) is 9.59 Å². The number of unbranched alkanes of at least 4 members (excludes halogenated alkanes) is 1. The minimum Gasteiger partial charge on any atom is -0.478 e. The number of nitrogens with one attached hydrogen (secondary N) is 2. The van der Waals surface area contributed by atoms with Gasteiger partial charge in [-0.1, -0.05) is 0 Å². The molecule has 0 saturated heterocycles. The molecule has 0 spiro atoms. The van der Waals surface area contributed by atoms with Crippen molar-refractivity contribution in [3.63, 3.8) is 0 Å². The zero-order valence-corrected chi connectivity index (χ0v) is 9.77. The van der Waals surface area contributed by atoms with Crippen molar-refractivity contribution < 1.29 is 14.7 Å². The molecule has 0 fully saturated rings. The summed E-state index contributed by atoms with van der Waals surface area (Å²) >= 11 is 0. The molecule has 18 heavy (non-hydrogen) atoms. The highest BCUT2D eigenvalue weighted by Crippen LogP contribution is 2.09. The van der Waals surface area contributed by atoms with Gasteiger partial charge in [0.25, 0.3) is 0 Å². The van der Waals surface area contributed by atoms with E-state index in [9.17, 15) is 9.59 Å². The summed E-state index contributed by atoms with van der Waals surface area (Å²) in [5.74, 6) is 1.48. The van der Waals surface area contributed by atoms with Gasteiger partial charge in [-0.2, -0.15) is 0 Å². The molecule has 94 valence electrons. The Morgan fingerprint density at radius 3 is 2.50 bits per heavy atom. The number of amides is 2. The topological polar surface area (TPSA) is 78.4 Å². The Labute approximate surface area is 105 Å². The van der Waals surface area contributed by atoms with Gasteiger partial charge in [0.15, 0.2) is 0 Å². The maximum Gasteiger partial charge on any atom is 0.335 e. The zero-order chi connectivity index (χ0) is 13.4. The predicted molar refractivity (Wildman–Crippen MR) is 68.5 cm³/mol. The molecule has 0 aromatic heterocycles. The Kier molecular flexibility index (Phi) is 5.26. The van der Waals surface area contributed by atoms with Gasteiger partial charge in [0, 0.05) is 18.7 Å². The summed E-state index contributed by atoms with van der Waals surface area (Å²) in [6.45, 7) is 0.503. The van der Waals surface area contributed by atoms with Gasteiger partial charge in [-0.3, -0.25) is 0 Å². The maximum atomic E-state index is 11.4. The fourth-order valence-corrected chi connectivity index (χ4v) is 1.26. The first-order chi connectivity index (χ1) is 8.63. The molecule has 1 rings (SSSR count). The van der Waals surface area contributed by atoms with Crippen LogP contribution in [0.4, 0.5) is 10.5 Å². The van der Waals surface area contributed by atoms with Crippen molar-refractivity contribution in [2.24, 2.45) is 0 Å². The smallest absolute Gasteiger partial charge is 0.335 e. The third kappa shape index (κ3) is 4.58. The summed E-state index contributed by atoms with van der Waals surface area (Å²) in [7, 11) is 0. The lowest BCUT2D eigenvalue weighted by Crippen LogP contribution is -2.29. The van der Waals surface area contributed by atoms with E-state index < -0.39 is 5.97 Å². The number of hydrogen-bond acceptors (Lipinski definition) is 2. The van der Waals surface area contributed by atoms with Gasteiger partial charge in [0.2, 0.25) is 0 Å². The standard InChI is InChI=1S/C13H14N2O3/c1-2-3-4-9-14-13(18)15-11-7-5-10(6-8-11)12(16)17/h1,5-8H,3-4,9H2,(H,16,17)(H2,14,15,18). The number of hydrogen-bond donors (Lipinski definition) is 3. The molecular weight excluding hydrogens is 232 g/mol. The summed E-state index contributed by atoms with van der Waals surface area (Å²) in [6, 6.07) is 5.58. The summed E-state index contributed by atoms with van der Waals surface area (Å²) in [5.41, 5.74) is 0.712. The van der Waals surface area contributed by atoms with E-state index in [4.69, 9.17) is 11.5 Å². The van der Waals surface area contributed by atoms with E-state index in [1.165, 1.54) is 24.3 Å². The van der Waals surface area contributed by atoms with Crippen LogP contribution in [0.2, 0.25) is 0 Å². The van der Waals surface area contributed by atoms with Crippen LogP contribution in [-0.4, -0.2) is 23.7 Å². The number of carboxylic acids is 1. The Bertz CT molecular complexity index is 460. The fourth-order valence-electron chi connectivity index (χ4n) is 1.26. The van der Waals surface area contributed by atoms with E-state index in [1.807, 2.05) is 0 Å². The Hall–Kier alpha value is -2.48. The molecule has 0 bridgehead atoms. The third-order valence-electron chi connectivity index (χ3n) is 2.17. The third-order valence-corrected chi connectivity index (χ3v) is 2.17. The second kappa shape index (κ2) is 6.97. The molecule has 0 atom stereocenters. The lowest BCUT2D eigenvalue weighted by molar-refractivity contribution is 0.0697. The van der Waals surface area contributed by atoms with Gasteiger partial charge >= 0.3 is 12.0 Å². The number of carboxylic acid groups (broad SMARTS) is 1. The fraction of sp³-hybridized carbons (Fsp3) is 0.231. The van der Waals surface area contributed by atoms with Gasteiger partial charge in [0.05, 0.1) is 5.56 Å². The number of terminal acetylenes is 1. The average Bonchev–Trinajstić information content (AvgIpc) is 2.35. The summed E-state index contributed by atoms with van der Waals surface area (Å²) < 4.78 is 0. The van der Waals surface area contributed by atoms with E-state index in [0.717, 1.165) is 6.42 Å². The SMILES string of the molecule is C#CCCCNC(=O)Nc1ccc(C(=O)O)cc1. The lowest BCUT2D eigenvalue weighted by Gasteiger charge is -2.06. The number of carbonyl (C=O) groups excluding carboxylic acids is 1. The van der Waals surface area contributed by atoms with Crippen LogP contribution in [0.15, 0.2) is 24.3 Å². The number of anilines is 1. The van der Waals surface area contributed by atoms with E-state index in [1.54, 1.807) is 0 Å². The number of carbonyl (C=O) groups is 2. The Morgan fingerprint density at radius 1 is 1.28 bits per heavy atom. The van der Waals surface area contributed by atoms with E-state index in [0.29, 0.717) is 18.7 Å². The molecule has 0 aliphatic heterocycles. The van der Waals surface area contributed by atoms with Crippen LogP contribution in [0.3, 0.4) is 0 Å². The molecule has 5 heteroatoms. The van der Waals surface area contributed by atoms with Crippen LogP contribution in [0, 0.1) is 12.3 Å². The van der Waals surface area contributed by atoms with Crippen LogP contribution in [-0.2, 0) is 0 Å². The van der Waals surface area contributed by atoms with Crippen LogP contribution in [0.1, 0.15) is 23.2 Å². The second-order valence-electron chi connectivity index (χ2n) is 3.57. The van der Waals surface area contributed by atoms with Crippen molar-refractivity contribution in [1.29, 1.82) is 0 Å². The molecule has 0 aliphatic rings. The molecular formula is C13H14N2O3. The molecule has 0 unspecified atom stereocenters. The van der Waals surface area contributed by atoms with Gasteiger partial charge in [-0.05, 0) is 30.7 Å². The first kappa shape index (κ1) is 13.6. The highest BCUT2D eigenvalue weighted by atomic mass is 16.4. The maximum absolute atomic E-state index is 11.4. The molecule has 0 aliphatic carbocycles. The number of rotatable bonds is 5. The van der Waals surface area contributed by atoms with Crippen LogP contribution in [0.25, 0.3) is 0 Å². The molecule has 2 amide bonds. The minimum absolute atomic E-state index is 0.176. The van der Waals surface area contributed by atoms with Crippen molar-refractivity contribution in [1.82, 2.24) is 5.32 Å². The molecule has 0 heterocycles. The number of urea groups is 1. The van der Waals surface area contributed by atoms with Gasteiger partial charge in [-0.15, -0.1) is 12.3 Å². The number of benzene rings is 1. The van der Waals surface area contributed by atoms with Crippen LogP contribution in [0.5, 0.6) is 0 Å². The predicted octanol–water partition coefficient (Wildman–Crippen LogP) is 1.92. The van der Waals surface area contributed by atoms with Crippen molar-refractivity contribution >= 4 is 17.7 Å². The van der Waals surface area contributed by atoms with Crippen molar-refractivity contribution in [3.05, 3.63) is 29.8 Å². The van der Waals surface area contributed by atoms with E-state index in [-0.39, 0.29) is 11.6 Å². The zero-order valence-electron chi connectivity index (χ0n) is 9.77. The van der Waals surface area contributed by atoms with Gasteiger partial charge in [0.1, 0.15) is 0 Å². The van der Waals surface area contributed by atoms with Crippen LogP contribution >= 0.6 is 0 Å². The monoisotopic (exact) mass is 246 g/mol. The van der Waals surface area contributed by atoms with E-state index in [2.05, 4.69) is 16.6 Å². The first-order valence-corrected chi connectivity index (χ1v) is 5.45. The molecule has 0 saturated carbocycles. The minimum atomic E-state index is -1.000. The Morgan fingerprint density at radius 2 is 1.94 bits per heavy atom. The summed E-state index contributed by atoms with van der Waals surface area (Å²) in [4.78, 5) is 22.0. The van der Waals surface area contributed by atoms with Crippen molar-refractivity contribution in [3.8, 4) is 12.3 Å². The van der Waals surface area contributed by atoms with E-state index >= 15 is 0 Å². The summed E-state index contributed by atoms with van der Waals surface area (Å²) in [5, 5.41) is 13.9. The van der Waals surface area contributed by atoms with Crippen molar-refractivity contribution in [2.45, 2.75) is 12.8 Å². The number of aromatic carboxylic acids is 1. The normalized spacial score (nSPS) is 9.28.